The minimum Gasteiger partial charge on any atom is -0.488 e. The highest BCUT2D eigenvalue weighted by Gasteiger charge is 2.14. The average Bonchev–Trinajstić information content (AvgIpc) is 2.75. The molecule has 20 heavy (non-hydrogen) atoms. The summed E-state index contributed by atoms with van der Waals surface area (Å²) in [6.45, 7) is 3.72. The molecule has 2 aromatic rings. The molecule has 0 atom stereocenters. The highest BCUT2D eigenvalue weighted by Crippen LogP contribution is 2.24. The number of aldehydes is 1. The van der Waals surface area contributed by atoms with E-state index in [0.29, 0.717) is 17.7 Å². The number of nitro benzene ring substituents is 1. The van der Waals surface area contributed by atoms with Gasteiger partial charge in [0.1, 0.15) is 18.1 Å². The van der Waals surface area contributed by atoms with Crippen molar-refractivity contribution in [2.24, 2.45) is 0 Å². The maximum Gasteiger partial charge on any atom is 0.270 e. The van der Waals surface area contributed by atoms with E-state index in [1.165, 1.54) is 18.2 Å². The number of hydrogen-bond acceptors (Lipinski definition) is 6. The van der Waals surface area contributed by atoms with Crippen molar-refractivity contribution in [1.29, 1.82) is 0 Å². The lowest BCUT2D eigenvalue weighted by Gasteiger charge is -2.07. The standard InChI is InChI=1S/C13H12N2O5/c1-8-12(9(2)20-14-8)7-19-13-4-3-11(15(17)18)5-10(13)6-16/h3-6H,7H2,1-2H3. The van der Waals surface area contributed by atoms with E-state index in [1.54, 1.807) is 13.8 Å². The van der Waals surface area contributed by atoms with Gasteiger partial charge in [0, 0.05) is 12.1 Å². The van der Waals surface area contributed by atoms with E-state index in [9.17, 15) is 14.9 Å². The van der Waals surface area contributed by atoms with Gasteiger partial charge in [-0.15, -0.1) is 0 Å². The van der Waals surface area contributed by atoms with Crippen LogP contribution < -0.4 is 4.74 Å². The number of non-ortho nitro benzene ring substituents is 1. The van der Waals surface area contributed by atoms with Crippen LogP contribution in [0.3, 0.4) is 0 Å². The van der Waals surface area contributed by atoms with E-state index >= 15 is 0 Å². The molecule has 104 valence electrons. The topological polar surface area (TPSA) is 95.5 Å². The smallest absolute Gasteiger partial charge is 0.270 e. The molecule has 1 heterocycles. The molecule has 0 unspecified atom stereocenters. The van der Waals surface area contributed by atoms with Gasteiger partial charge in [-0.25, -0.2) is 0 Å². The van der Waals surface area contributed by atoms with Crippen LogP contribution in [-0.2, 0) is 6.61 Å². The number of nitro groups is 1. The van der Waals surface area contributed by atoms with E-state index in [1.807, 2.05) is 0 Å². The van der Waals surface area contributed by atoms with Crippen molar-refractivity contribution in [3.8, 4) is 5.75 Å². The zero-order valence-electron chi connectivity index (χ0n) is 11.0. The van der Waals surface area contributed by atoms with Crippen molar-refractivity contribution in [2.45, 2.75) is 20.5 Å². The molecular weight excluding hydrogens is 264 g/mol. The first-order valence-electron chi connectivity index (χ1n) is 5.81. The summed E-state index contributed by atoms with van der Waals surface area (Å²) in [7, 11) is 0. The Kier molecular flexibility index (Phi) is 3.79. The number of hydrogen-bond donors (Lipinski definition) is 0. The van der Waals surface area contributed by atoms with Gasteiger partial charge in [-0.2, -0.15) is 0 Å². The Morgan fingerprint density at radius 1 is 1.45 bits per heavy atom. The van der Waals surface area contributed by atoms with Crippen LogP contribution >= 0.6 is 0 Å². The number of ether oxygens (including phenoxy) is 1. The van der Waals surface area contributed by atoms with Crippen LogP contribution in [0.2, 0.25) is 0 Å². The summed E-state index contributed by atoms with van der Waals surface area (Å²) in [5.74, 6) is 0.919. The van der Waals surface area contributed by atoms with Crippen LogP contribution in [0, 0.1) is 24.0 Å². The lowest BCUT2D eigenvalue weighted by atomic mass is 10.2. The van der Waals surface area contributed by atoms with E-state index in [4.69, 9.17) is 9.26 Å². The number of nitrogens with zero attached hydrogens (tertiary/aromatic N) is 2. The lowest BCUT2D eigenvalue weighted by molar-refractivity contribution is -0.384. The number of carbonyl (C=O) groups is 1. The summed E-state index contributed by atoms with van der Waals surface area (Å²) >= 11 is 0. The van der Waals surface area contributed by atoms with E-state index in [2.05, 4.69) is 5.16 Å². The van der Waals surface area contributed by atoms with Gasteiger partial charge in [0.15, 0.2) is 6.29 Å². The molecule has 0 saturated carbocycles. The summed E-state index contributed by atoms with van der Waals surface area (Å²) in [4.78, 5) is 21.0. The molecule has 0 radical (unpaired) electrons. The van der Waals surface area contributed by atoms with Crippen LogP contribution in [0.25, 0.3) is 0 Å². The molecule has 7 heteroatoms. The quantitative estimate of drug-likeness (QED) is 0.473. The second-order valence-electron chi connectivity index (χ2n) is 4.19. The number of aryl methyl sites for hydroxylation is 2. The van der Waals surface area contributed by atoms with Crippen molar-refractivity contribution in [1.82, 2.24) is 5.16 Å². The van der Waals surface area contributed by atoms with Crippen LogP contribution in [0.15, 0.2) is 22.7 Å². The molecular formula is C13H12N2O5. The van der Waals surface area contributed by atoms with Gasteiger partial charge in [-0.3, -0.25) is 14.9 Å². The van der Waals surface area contributed by atoms with Gasteiger partial charge in [0.05, 0.1) is 21.7 Å². The van der Waals surface area contributed by atoms with E-state index < -0.39 is 4.92 Å². The molecule has 0 aliphatic carbocycles. The highest BCUT2D eigenvalue weighted by molar-refractivity contribution is 5.80. The maximum absolute atomic E-state index is 11.0. The fourth-order valence-electron chi connectivity index (χ4n) is 1.73. The summed E-state index contributed by atoms with van der Waals surface area (Å²) in [5, 5.41) is 14.4. The van der Waals surface area contributed by atoms with Crippen LogP contribution in [0.1, 0.15) is 27.4 Å². The van der Waals surface area contributed by atoms with Gasteiger partial charge in [0.2, 0.25) is 0 Å². The molecule has 0 fully saturated rings. The zero-order valence-corrected chi connectivity index (χ0v) is 11.0. The Labute approximate surface area is 114 Å². The fraction of sp³-hybridized carbons (Fsp3) is 0.231. The van der Waals surface area contributed by atoms with Gasteiger partial charge in [0.25, 0.3) is 5.69 Å². The van der Waals surface area contributed by atoms with Crippen LogP contribution in [0.4, 0.5) is 5.69 Å². The molecule has 7 nitrogen and oxygen atoms in total. The van der Waals surface area contributed by atoms with Crippen molar-refractivity contribution in [3.05, 3.63) is 50.9 Å². The van der Waals surface area contributed by atoms with Crippen molar-refractivity contribution in [3.63, 3.8) is 0 Å². The Bertz CT molecular complexity index is 643. The second-order valence-corrected chi connectivity index (χ2v) is 4.19. The highest BCUT2D eigenvalue weighted by atomic mass is 16.6. The molecule has 1 aromatic carbocycles. The van der Waals surface area contributed by atoms with E-state index in [-0.39, 0.29) is 23.6 Å². The first-order chi connectivity index (χ1) is 9.52. The van der Waals surface area contributed by atoms with Crippen molar-refractivity contribution >= 4 is 12.0 Å². The number of rotatable bonds is 5. The Morgan fingerprint density at radius 2 is 2.20 bits per heavy atom. The van der Waals surface area contributed by atoms with Gasteiger partial charge in [-0.1, -0.05) is 5.16 Å². The first-order valence-corrected chi connectivity index (χ1v) is 5.81. The first kappa shape index (κ1) is 13.7. The monoisotopic (exact) mass is 276 g/mol. The predicted molar refractivity (Wildman–Crippen MR) is 68.8 cm³/mol. The van der Waals surface area contributed by atoms with Gasteiger partial charge >= 0.3 is 0 Å². The third-order valence-corrected chi connectivity index (χ3v) is 2.88. The van der Waals surface area contributed by atoms with Gasteiger partial charge < -0.3 is 9.26 Å². The minimum atomic E-state index is -0.564. The Hall–Kier alpha value is -2.70. The third-order valence-electron chi connectivity index (χ3n) is 2.88. The van der Waals surface area contributed by atoms with Crippen LogP contribution in [-0.4, -0.2) is 16.4 Å². The normalized spacial score (nSPS) is 10.3. The zero-order chi connectivity index (χ0) is 14.7. The largest absolute Gasteiger partial charge is 0.488 e. The molecule has 0 N–H and O–H groups in total. The lowest BCUT2D eigenvalue weighted by Crippen LogP contribution is -2.01. The Balaban J connectivity index is 2.21. The molecule has 0 saturated heterocycles. The summed E-state index contributed by atoms with van der Waals surface area (Å²) in [6.07, 6.45) is 0.523. The molecule has 0 amide bonds. The second kappa shape index (κ2) is 5.52. The number of benzene rings is 1. The molecule has 0 aliphatic rings. The maximum atomic E-state index is 11.0. The fourth-order valence-corrected chi connectivity index (χ4v) is 1.73. The van der Waals surface area contributed by atoms with Crippen LogP contribution in [0.5, 0.6) is 5.75 Å². The van der Waals surface area contributed by atoms with E-state index in [0.717, 1.165) is 5.56 Å². The molecule has 0 spiro atoms. The number of aromatic nitrogens is 1. The molecule has 1 aromatic heterocycles. The number of carbonyl (C=O) groups excluding carboxylic acids is 1. The third kappa shape index (κ3) is 2.66. The predicted octanol–water partition coefficient (Wildman–Crippen LogP) is 2.59. The van der Waals surface area contributed by atoms with Crippen molar-refractivity contribution in [2.75, 3.05) is 0 Å². The Morgan fingerprint density at radius 3 is 2.75 bits per heavy atom. The summed E-state index contributed by atoms with van der Waals surface area (Å²) in [6, 6.07) is 3.87. The minimum absolute atomic E-state index is 0.131. The average molecular weight is 276 g/mol. The molecule has 2 rings (SSSR count). The molecule has 0 bridgehead atoms. The summed E-state index contributed by atoms with van der Waals surface area (Å²) < 4.78 is 10.5. The summed E-state index contributed by atoms with van der Waals surface area (Å²) in [5.41, 5.74) is 1.47. The van der Waals surface area contributed by atoms with Crippen molar-refractivity contribution < 1.29 is 19.0 Å². The SMILES string of the molecule is Cc1noc(C)c1COc1ccc([N+](=O)[O-])cc1C=O. The van der Waals surface area contributed by atoms with Gasteiger partial charge in [-0.05, 0) is 19.9 Å². The molecule has 0 aliphatic heterocycles.